The fourth-order valence-electron chi connectivity index (χ4n) is 1.46. The first-order valence-electron chi connectivity index (χ1n) is 4.28. The van der Waals surface area contributed by atoms with Crippen LogP contribution in [0.3, 0.4) is 0 Å². The Bertz CT molecular complexity index is 585. The monoisotopic (exact) mass is 236 g/mol. The van der Waals surface area contributed by atoms with Gasteiger partial charge >= 0.3 is 0 Å². The van der Waals surface area contributed by atoms with E-state index in [1.165, 1.54) is 0 Å². The van der Waals surface area contributed by atoms with Gasteiger partial charge in [0.05, 0.1) is 16.1 Å². The maximum absolute atomic E-state index is 8.95. The topological polar surface area (TPSA) is 36.7 Å². The second-order valence-electron chi connectivity index (χ2n) is 3.21. The Kier molecular flexibility index (Phi) is 2.52. The van der Waals surface area contributed by atoms with Gasteiger partial charge in [0.15, 0.2) is 0 Å². The minimum Gasteiger partial charge on any atom is -0.252 e. The molecule has 1 aromatic heterocycles. The van der Waals surface area contributed by atoms with Crippen LogP contribution < -0.4 is 0 Å². The molecule has 0 aliphatic carbocycles. The molecule has 2 aromatic rings. The minimum atomic E-state index is 0.447. The van der Waals surface area contributed by atoms with Crippen molar-refractivity contribution in [1.82, 2.24) is 4.98 Å². The van der Waals surface area contributed by atoms with Crippen molar-refractivity contribution >= 4 is 34.1 Å². The molecule has 1 heterocycles. The van der Waals surface area contributed by atoms with Gasteiger partial charge in [0.25, 0.3) is 0 Å². The molecule has 0 atom stereocenters. The molecule has 15 heavy (non-hydrogen) atoms. The Morgan fingerprint density at radius 3 is 2.67 bits per heavy atom. The van der Waals surface area contributed by atoms with Crippen LogP contribution in [0, 0.1) is 18.3 Å². The normalized spacial score (nSPS) is 10.3. The minimum absolute atomic E-state index is 0.447. The van der Waals surface area contributed by atoms with Crippen LogP contribution in [-0.2, 0) is 0 Å². The Labute approximate surface area is 97.1 Å². The van der Waals surface area contributed by atoms with E-state index in [2.05, 4.69) is 11.1 Å². The average molecular weight is 237 g/mol. The summed E-state index contributed by atoms with van der Waals surface area (Å²) in [6, 6.07) is 7.12. The number of aryl methyl sites for hydroxylation is 1. The number of nitrogens with zero attached hydrogens (tertiary/aromatic N) is 2. The number of halogens is 2. The first-order chi connectivity index (χ1) is 7.11. The van der Waals surface area contributed by atoms with Gasteiger partial charge in [-0.2, -0.15) is 5.26 Å². The van der Waals surface area contributed by atoms with Crippen molar-refractivity contribution in [1.29, 1.82) is 5.26 Å². The molecule has 0 bridgehead atoms. The lowest BCUT2D eigenvalue weighted by molar-refractivity contribution is 1.25. The average Bonchev–Trinajstić information content (AvgIpc) is 2.18. The van der Waals surface area contributed by atoms with Gasteiger partial charge in [-0.05, 0) is 25.1 Å². The lowest BCUT2D eigenvalue weighted by Gasteiger charge is -2.04. The van der Waals surface area contributed by atoms with Crippen LogP contribution in [0.1, 0.15) is 11.3 Å². The highest BCUT2D eigenvalue weighted by Gasteiger charge is 2.08. The highest BCUT2D eigenvalue weighted by Crippen LogP contribution is 2.28. The van der Waals surface area contributed by atoms with E-state index < -0.39 is 0 Å². The molecule has 2 nitrogen and oxygen atoms in total. The SMILES string of the molecule is Cc1cc(Cl)c2cc(Cl)cc(C#N)c2n1. The lowest BCUT2D eigenvalue weighted by Crippen LogP contribution is -1.89. The zero-order valence-electron chi connectivity index (χ0n) is 7.88. The number of aromatic nitrogens is 1. The summed E-state index contributed by atoms with van der Waals surface area (Å²) >= 11 is 11.9. The second-order valence-corrected chi connectivity index (χ2v) is 4.05. The summed E-state index contributed by atoms with van der Waals surface area (Å²) in [6.07, 6.45) is 0. The van der Waals surface area contributed by atoms with Crippen LogP contribution in [0.2, 0.25) is 10.0 Å². The molecule has 1 aromatic carbocycles. The predicted octanol–water partition coefficient (Wildman–Crippen LogP) is 3.72. The number of hydrogen-bond acceptors (Lipinski definition) is 2. The number of rotatable bonds is 0. The Hall–Kier alpha value is -1.30. The Balaban J connectivity index is 2.98. The number of benzene rings is 1. The summed E-state index contributed by atoms with van der Waals surface area (Å²) in [5, 5.41) is 10.7. The van der Waals surface area contributed by atoms with E-state index in [9.17, 15) is 0 Å². The quantitative estimate of drug-likeness (QED) is 0.700. The van der Waals surface area contributed by atoms with Gasteiger partial charge in [0, 0.05) is 16.1 Å². The van der Waals surface area contributed by atoms with E-state index >= 15 is 0 Å². The molecule has 0 radical (unpaired) electrons. The van der Waals surface area contributed by atoms with Crippen molar-refractivity contribution in [2.24, 2.45) is 0 Å². The van der Waals surface area contributed by atoms with Crippen LogP contribution in [0.15, 0.2) is 18.2 Å². The number of nitriles is 1. The summed E-state index contributed by atoms with van der Waals surface area (Å²) < 4.78 is 0. The number of hydrogen-bond donors (Lipinski definition) is 0. The molecule has 0 fully saturated rings. The van der Waals surface area contributed by atoms with Gasteiger partial charge in [0.2, 0.25) is 0 Å². The van der Waals surface area contributed by atoms with Crippen molar-refractivity contribution in [2.75, 3.05) is 0 Å². The van der Waals surface area contributed by atoms with Crippen LogP contribution in [0.25, 0.3) is 10.9 Å². The fraction of sp³-hybridized carbons (Fsp3) is 0.0909. The Morgan fingerprint density at radius 1 is 1.27 bits per heavy atom. The van der Waals surface area contributed by atoms with Crippen LogP contribution in [0.4, 0.5) is 0 Å². The molecule has 0 saturated carbocycles. The highest BCUT2D eigenvalue weighted by molar-refractivity contribution is 6.37. The van der Waals surface area contributed by atoms with Crippen molar-refractivity contribution in [3.8, 4) is 6.07 Å². The largest absolute Gasteiger partial charge is 0.252 e. The van der Waals surface area contributed by atoms with E-state index in [1.807, 2.05) is 6.92 Å². The van der Waals surface area contributed by atoms with Crippen molar-refractivity contribution < 1.29 is 0 Å². The zero-order chi connectivity index (χ0) is 11.0. The summed E-state index contributed by atoms with van der Waals surface area (Å²) in [5.74, 6) is 0. The maximum Gasteiger partial charge on any atom is 0.101 e. The van der Waals surface area contributed by atoms with Crippen LogP contribution >= 0.6 is 23.2 Å². The first kappa shape index (κ1) is 10.2. The summed E-state index contributed by atoms with van der Waals surface area (Å²) in [4.78, 5) is 4.28. The molecule has 0 amide bonds. The van der Waals surface area contributed by atoms with Crippen molar-refractivity contribution in [2.45, 2.75) is 6.92 Å². The standard InChI is InChI=1S/C11H6Cl2N2/c1-6-2-10(13)9-4-8(12)3-7(5-14)11(9)15-6/h2-4H,1H3. The third-order valence-electron chi connectivity index (χ3n) is 2.08. The molecule has 0 spiro atoms. The molecule has 0 saturated heterocycles. The van der Waals surface area contributed by atoms with Crippen LogP contribution in [-0.4, -0.2) is 4.98 Å². The van der Waals surface area contributed by atoms with Crippen molar-refractivity contribution in [3.05, 3.63) is 39.5 Å². The fourth-order valence-corrected chi connectivity index (χ4v) is 1.98. The summed E-state index contributed by atoms with van der Waals surface area (Å²) in [6.45, 7) is 1.83. The predicted molar refractivity (Wildman–Crippen MR) is 61.2 cm³/mol. The molecule has 0 aliphatic heterocycles. The molecule has 0 unspecified atom stereocenters. The molecular formula is C11H6Cl2N2. The molecule has 0 N–H and O–H groups in total. The molecule has 2 rings (SSSR count). The van der Waals surface area contributed by atoms with E-state index in [0.717, 1.165) is 5.69 Å². The van der Waals surface area contributed by atoms with Gasteiger partial charge in [0.1, 0.15) is 6.07 Å². The molecule has 4 heteroatoms. The lowest BCUT2D eigenvalue weighted by atomic mass is 10.1. The third kappa shape index (κ3) is 1.77. The Morgan fingerprint density at radius 2 is 2.00 bits per heavy atom. The van der Waals surface area contributed by atoms with E-state index in [4.69, 9.17) is 28.5 Å². The summed E-state index contributed by atoms with van der Waals surface area (Å²) in [5.41, 5.74) is 1.83. The van der Waals surface area contributed by atoms with E-state index in [-0.39, 0.29) is 0 Å². The molecule has 74 valence electrons. The second kappa shape index (κ2) is 3.69. The zero-order valence-corrected chi connectivity index (χ0v) is 9.39. The van der Waals surface area contributed by atoms with E-state index in [1.54, 1.807) is 18.2 Å². The number of fused-ring (bicyclic) bond motifs is 1. The first-order valence-corrected chi connectivity index (χ1v) is 5.04. The summed E-state index contributed by atoms with van der Waals surface area (Å²) in [7, 11) is 0. The highest BCUT2D eigenvalue weighted by atomic mass is 35.5. The molecular weight excluding hydrogens is 231 g/mol. The smallest absolute Gasteiger partial charge is 0.101 e. The number of pyridine rings is 1. The van der Waals surface area contributed by atoms with E-state index in [0.29, 0.717) is 26.5 Å². The van der Waals surface area contributed by atoms with Gasteiger partial charge in [-0.25, -0.2) is 0 Å². The van der Waals surface area contributed by atoms with Gasteiger partial charge in [-0.1, -0.05) is 23.2 Å². The molecule has 0 aliphatic rings. The van der Waals surface area contributed by atoms with Gasteiger partial charge in [-0.3, -0.25) is 4.98 Å². The third-order valence-corrected chi connectivity index (χ3v) is 2.61. The van der Waals surface area contributed by atoms with Crippen LogP contribution in [0.5, 0.6) is 0 Å². The van der Waals surface area contributed by atoms with Crippen molar-refractivity contribution in [3.63, 3.8) is 0 Å². The van der Waals surface area contributed by atoms with Gasteiger partial charge in [-0.15, -0.1) is 0 Å². The maximum atomic E-state index is 8.95. The van der Waals surface area contributed by atoms with Gasteiger partial charge < -0.3 is 0 Å².